The zero-order valence-electron chi connectivity index (χ0n) is 7.30. The average molecular weight is 184 g/mol. The minimum Gasteiger partial charge on any atom is -0.348 e. The SMILES string of the molecule is CC(F)(F)Cn1ccc(CC#N)c1. The molecule has 0 saturated heterocycles. The van der Waals surface area contributed by atoms with Crippen molar-refractivity contribution in [3.05, 3.63) is 24.0 Å². The normalized spacial score (nSPS) is 11.2. The van der Waals surface area contributed by atoms with Crippen molar-refractivity contribution in [2.75, 3.05) is 0 Å². The molecule has 1 rings (SSSR count). The molecule has 0 unspecified atom stereocenters. The second kappa shape index (κ2) is 3.56. The molecule has 0 atom stereocenters. The fraction of sp³-hybridized carbons (Fsp3) is 0.444. The van der Waals surface area contributed by atoms with Crippen LogP contribution in [0.2, 0.25) is 0 Å². The Morgan fingerprint density at radius 2 is 2.31 bits per heavy atom. The highest BCUT2D eigenvalue weighted by Crippen LogP contribution is 2.15. The lowest BCUT2D eigenvalue weighted by atomic mass is 10.3. The van der Waals surface area contributed by atoms with Crippen molar-refractivity contribution in [2.45, 2.75) is 25.8 Å². The molecule has 0 fully saturated rings. The fourth-order valence-electron chi connectivity index (χ4n) is 1.11. The van der Waals surface area contributed by atoms with Crippen molar-refractivity contribution in [2.24, 2.45) is 0 Å². The van der Waals surface area contributed by atoms with Crippen LogP contribution in [-0.2, 0) is 13.0 Å². The first kappa shape index (κ1) is 9.72. The van der Waals surface area contributed by atoms with Crippen LogP contribution in [0.5, 0.6) is 0 Å². The lowest BCUT2D eigenvalue weighted by Crippen LogP contribution is -2.17. The number of halogens is 2. The maximum atomic E-state index is 12.5. The van der Waals surface area contributed by atoms with Crippen LogP contribution in [0.4, 0.5) is 8.78 Å². The Labute approximate surface area is 75.4 Å². The Morgan fingerprint density at radius 3 is 2.85 bits per heavy atom. The highest BCUT2D eigenvalue weighted by atomic mass is 19.3. The molecule has 1 aromatic rings. The van der Waals surface area contributed by atoms with Crippen molar-refractivity contribution in [1.29, 1.82) is 5.26 Å². The van der Waals surface area contributed by atoms with Gasteiger partial charge in [0.1, 0.15) is 0 Å². The Kier molecular flexibility index (Phi) is 2.66. The van der Waals surface area contributed by atoms with Gasteiger partial charge in [0.05, 0.1) is 19.0 Å². The van der Waals surface area contributed by atoms with Gasteiger partial charge in [-0.15, -0.1) is 0 Å². The summed E-state index contributed by atoms with van der Waals surface area (Å²) in [5, 5.41) is 8.35. The van der Waals surface area contributed by atoms with E-state index in [1.54, 1.807) is 18.5 Å². The molecule has 0 amide bonds. The van der Waals surface area contributed by atoms with E-state index in [0.717, 1.165) is 12.5 Å². The third-order valence-electron chi connectivity index (χ3n) is 1.56. The van der Waals surface area contributed by atoms with Gasteiger partial charge in [-0.2, -0.15) is 5.26 Å². The number of alkyl halides is 2. The van der Waals surface area contributed by atoms with Gasteiger partial charge in [-0.25, -0.2) is 8.78 Å². The van der Waals surface area contributed by atoms with E-state index in [1.165, 1.54) is 4.57 Å². The van der Waals surface area contributed by atoms with E-state index in [0.29, 0.717) is 0 Å². The third kappa shape index (κ3) is 3.24. The average Bonchev–Trinajstić information content (AvgIpc) is 2.33. The number of nitriles is 1. The molecule has 0 aliphatic rings. The van der Waals surface area contributed by atoms with Crippen LogP contribution in [0.1, 0.15) is 12.5 Å². The summed E-state index contributed by atoms with van der Waals surface area (Å²) >= 11 is 0. The van der Waals surface area contributed by atoms with Crippen LogP contribution >= 0.6 is 0 Å². The van der Waals surface area contributed by atoms with Gasteiger partial charge in [0, 0.05) is 19.3 Å². The quantitative estimate of drug-likeness (QED) is 0.708. The standard InChI is InChI=1S/C9H10F2N2/c1-9(10,11)7-13-5-3-8(6-13)2-4-12/h3,5-6H,2,7H2,1H3. The van der Waals surface area contributed by atoms with E-state index < -0.39 is 5.92 Å². The molecule has 0 aromatic carbocycles. The smallest absolute Gasteiger partial charge is 0.262 e. The minimum atomic E-state index is -2.71. The molecule has 1 aromatic heterocycles. The van der Waals surface area contributed by atoms with Crippen LogP contribution in [-0.4, -0.2) is 10.5 Å². The van der Waals surface area contributed by atoms with Crippen molar-refractivity contribution in [3.8, 4) is 6.07 Å². The Morgan fingerprint density at radius 1 is 1.62 bits per heavy atom. The van der Waals surface area contributed by atoms with Gasteiger partial charge in [-0.1, -0.05) is 0 Å². The molecule has 0 aliphatic carbocycles. The topological polar surface area (TPSA) is 28.7 Å². The van der Waals surface area contributed by atoms with Gasteiger partial charge in [0.15, 0.2) is 0 Å². The van der Waals surface area contributed by atoms with Gasteiger partial charge in [-0.05, 0) is 11.6 Å². The van der Waals surface area contributed by atoms with Crippen LogP contribution in [0.15, 0.2) is 18.5 Å². The zero-order chi connectivity index (χ0) is 9.90. The summed E-state index contributed by atoms with van der Waals surface area (Å²) < 4.78 is 26.4. The molecular formula is C9H10F2N2. The minimum absolute atomic E-state index is 0.266. The van der Waals surface area contributed by atoms with Gasteiger partial charge in [0.25, 0.3) is 5.92 Å². The van der Waals surface area contributed by atoms with E-state index in [2.05, 4.69) is 0 Å². The zero-order valence-corrected chi connectivity index (χ0v) is 7.30. The molecule has 13 heavy (non-hydrogen) atoms. The molecule has 0 N–H and O–H groups in total. The maximum Gasteiger partial charge on any atom is 0.262 e. The highest BCUT2D eigenvalue weighted by Gasteiger charge is 2.21. The second-order valence-corrected chi connectivity index (χ2v) is 3.10. The predicted molar refractivity (Wildman–Crippen MR) is 44.4 cm³/mol. The lowest BCUT2D eigenvalue weighted by Gasteiger charge is -2.10. The number of hydrogen-bond donors (Lipinski definition) is 0. The molecule has 0 aliphatic heterocycles. The van der Waals surface area contributed by atoms with Crippen LogP contribution in [0, 0.1) is 11.3 Å². The first-order chi connectivity index (χ1) is 6.01. The monoisotopic (exact) mass is 184 g/mol. The first-order valence-corrected chi connectivity index (χ1v) is 3.91. The Balaban J connectivity index is 2.65. The van der Waals surface area contributed by atoms with Crippen molar-refractivity contribution < 1.29 is 8.78 Å². The molecule has 0 saturated carbocycles. The maximum absolute atomic E-state index is 12.5. The molecule has 70 valence electrons. The molecule has 0 spiro atoms. The van der Waals surface area contributed by atoms with Gasteiger partial charge in [0.2, 0.25) is 0 Å². The molecule has 0 bridgehead atoms. The van der Waals surface area contributed by atoms with Crippen LogP contribution in [0.25, 0.3) is 0 Å². The van der Waals surface area contributed by atoms with E-state index in [4.69, 9.17) is 5.26 Å². The summed E-state index contributed by atoms with van der Waals surface area (Å²) in [6, 6.07) is 3.63. The number of aromatic nitrogens is 1. The van der Waals surface area contributed by atoms with Crippen molar-refractivity contribution in [3.63, 3.8) is 0 Å². The summed E-state index contributed by atoms with van der Waals surface area (Å²) in [6.45, 7) is 0.537. The van der Waals surface area contributed by atoms with E-state index in [1.807, 2.05) is 6.07 Å². The van der Waals surface area contributed by atoms with Gasteiger partial charge in [-0.3, -0.25) is 0 Å². The summed E-state index contributed by atoms with van der Waals surface area (Å²) in [5.74, 6) is -2.71. The molecule has 2 nitrogen and oxygen atoms in total. The summed E-state index contributed by atoms with van der Waals surface area (Å²) in [5.41, 5.74) is 0.770. The number of nitrogens with zero attached hydrogens (tertiary/aromatic N) is 2. The van der Waals surface area contributed by atoms with Gasteiger partial charge >= 0.3 is 0 Å². The van der Waals surface area contributed by atoms with E-state index in [9.17, 15) is 8.78 Å². The largest absolute Gasteiger partial charge is 0.348 e. The third-order valence-corrected chi connectivity index (χ3v) is 1.56. The Bertz CT molecular complexity index is 317. The van der Waals surface area contributed by atoms with Crippen molar-refractivity contribution in [1.82, 2.24) is 4.57 Å². The molecular weight excluding hydrogens is 174 g/mol. The van der Waals surface area contributed by atoms with Gasteiger partial charge < -0.3 is 4.57 Å². The first-order valence-electron chi connectivity index (χ1n) is 3.91. The molecule has 0 radical (unpaired) electrons. The summed E-state index contributed by atoms with van der Waals surface area (Å²) in [6.07, 6.45) is 3.40. The van der Waals surface area contributed by atoms with E-state index in [-0.39, 0.29) is 13.0 Å². The van der Waals surface area contributed by atoms with E-state index >= 15 is 0 Å². The van der Waals surface area contributed by atoms with Crippen molar-refractivity contribution >= 4 is 0 Å². The van der Waals surface area contributed by atoms with Crippen LogP contribution < -0.4 is 0 Å². The number of rotatable bonds is 3. The highest BCUT2D eigenvalue weighted by molar-refractivity contribution is 5.14. The fourth-order valence-corrected chi connectivity index (χ4v) is 1.11. The molecule has 1 heterocycles. The second-order valence-electron chi connectivity index (χ2n) is 3.10. The molecule has 4 heteroatoms. The summed E-state index contributed by atoms with van der Waals surface area (Å²) in [7, 11) is 0. The summed E-state index contributed by atoms with van der Waals surface area (Å²) in [4.78, 5) is 0. The number of hydrogen-bond acceptors (Lipinski definition) is 1. The predicted octanol–water partition coefficient (Wildman–Crippen LogP) is 2.21. The Hall–Kier alpha value is -1.37. The van der Waals surface area contributed by atoms with Crippen LogP contribution in [0.3, 0.4) is 0 Å². The lowest BCUT2D eigenvalue weighted by molar-refractivity contribution is 0.00401.